The minimum atomic E-state index is 0.219. The molecule has 2 atom stereocenters. The van der Waals surface area contributed by atoms with Crippen LogP contribution in [0, 0.1) is 6.92 Å². The molecule has 2 N–H and O–H groups in total. The Morgan fingerprint density at radius 1 is 1.33 bits per heavy atom. The van der Waals surface area contributed by atoms with Crippen LogP contribution in [-0.4, -0.2) is 37.3 Å². The molecule has 120 valence electrons. The van der Waals surface area contributed by atoms with Gasteiger partial charge in [0.25, 0.3) is 0 Å². The van der Waals surface area contributed by atoms with E-state index in [1.807, 2.05) is 6.20 Å². The molecule has 1 aromatic heterocycles. The number of nitrogens with zero attached hydrogens (tertiary/aromatic N) is 2. The van der Waals surface area contributed by atoms with Crippen molar-refractivity contribution in [2.75, 3.05) is 25.2 Å². The third kappa shape index (κ3) is 5.29. The molecule has 0 aliphatic carbocycles. The molecule has 0 radical (unpaired) electrons. The van der Waals surface area contributed by atoms with Crippen LogP contribution in [-0.2, 0) is 11.2 Å². The molecule has 0 spiro atoms. The topological polar surface area (TPSA) is 51.4 Å². The standard InChI is InChI=1S/C17H31N3O/c1-6-14(4)20(8-9-21-5)17-13(3)10-15(12-19-17)11-16(18)7-2/h10,12,14,16H,6-9,11,18H2,1-5H3. The quantitative estimate of drug-likeness (QED) is 0.760. The number of rotatable bonds is 9. The molecule has 2 unspecified atom stereocenters. The first-order valence-corrected chi connectivity index (χ1v) is 8.00. The summed E-state index contributed by atoms with van der Waals surface area (Å²) < 4.78 is 5.23. The number of aromatic nitrogens is 1. The van der Waals surface area contributed by atoms with Gasteiger partial charge in [0.05, 0.1) is 6.61 Å². The van der Waals surface area contributed by atoms with Crippen LogP contribution in [0.1, 0.15) is 44.7 Å². The lowest BCUT2D eigenvalue weighted by Gasteiger charge is -2.31. The van der Waals surface area contributed by atoms with Gasteiger partial charge in [-0.1, -0.05) is 19.9 Å². The average Bonchev–Trinajstić information content (AvgIpc) is 2.48. The minimum absolute atomic E-state index is 0.219. The largest absolute Gasteiger partial charge is 0.383 e. The van der Waals surface area contributed by atoms with Gasteiger partial charge in [-0.25, -0.2) is 4.98 Å². The highest BCUT2D eigenvalue weighted by Crippen LogP contribution is 2.22. The van der Waals surface area contributed by atoms with Gasteiger partial charge in [-0.15, -0.1) is 0 Å². The number of ether oxygens (including phenoxy) is 1. The second-order valence-electron chi connectivity index (χ2n) is 5.80. The lowest BCUT2D eigenvalue weighted by molar-refractivity contribution is 0.203. The fraction of sp³-hybridized carbons (Fsp3) is 0.706. The van der Waals surface area contributed by atoms with Gasteiger partial charge in [0.1, 0.15) is 5.82 Å². The van der Waals surface area contributed by atoms with E-state index >= 15 is 0 Å². The molecular formula is C17H31N3O. The molecule has 0 saturated heterocycles. The molecule has 0 bridgehead atoms. The maximum atomic E-state index is 6.03. The summed E-state index contributed by atoms with van der Waals surface area (Å²) in [5.41, 5.74) is 8.47. The molecule has 0 aliphatic rings. The molecule has 1 heterocycles. The van der Waals surface area contributed by atoms with Crippen molar-refractivity contribution in [3.8, 4) is 0 Å². The Bertz CT molecular complexity index is 422. The van der Waals surface area contributed by atoms with Crippen molar-refractivity contribution in [3.63, 3.8) is 0 Å². The van der Waals surface area contributed by atoms with Crippen LogP contribution < -0.4 is 10.6 Å². The fourth-order valence-corrected chi connectivity index (χ4v) is 2.43. The molecule has 0 aliphatic heterocycles. The highest BCUT2D eigenvalue weighted by atomic mass is 16.5. The van der Waals surface area contributed by atoms with Gasteiger partial charge < -0.3 is 15.4 Å². The molecule has 0 fully saturated rings. The van der Waals surface area contributed by atoms with E-state index in [9.17, 15) is 0 Å². The Morgan fingerprint density at radius 2 is 2.05 bits per heavy atom. The van der Waals surface area contributed by atoms with E-state index in [4.69, 9.17) is 15.5 Å². The van der Waals surface area contributed by atoms with Gasteiger partial charge in [0.2, 0.25) is 0 Å². The van der Waals surface area contributed by atoms with E-state index in [1.54, 1.807) is 7.11 Å². The molecule has 0 amide bonds. The number of hydrogen-bond acceptors (Lipinski definition) is 4. The fourth-order valence-electron chi connectivity index (χ4n) is 2.43. The molecular weight excluding hydrogens is 262 g/mol. The molecule has 4 nitrogen and oxygen atoms in total. The Labute approximate surface area is 129 Å². The van der Waals surface area contributed by atoms with E-state index in [-0.39, 0.29) is 6.04 Å². The van der Waals surface area contributed by atoms with Gasteiger partial charge in [-0.3, -0.25) is 0 Å². The summed E-state index contributed by atoms with van der Waals surface area (Å²) in [5.74, 6) is 1.07. The lowest BCUT2D eigenvalue weighted by Crippen LogP contribution is -2.36. The average molecular weight is 293 g/mol. The molecule has 0 aromatic carbocycles. The van der Waals surface area contributed by atoms with Crippen molar-refractivity contribution in [2.45, 2.75) is 59.0 Å². The second kappa shape index (κ2) is 9.00. The van der Waals surface area contributed by atoms with E-state index in [2.05, 4.69) is 38.7 Å². The summed E-state index contributed by atoms with van der Waals surface area (Å²) in [6, 6.07) is 2.89. The summed E-state index contributed by atoms with van der Waals surface area (Å²) in [7, 11) is 1.74. The van der Waals surface area contributed by atoms with E-state index < -0.39 is 0 Å². The number of aryl methyl sites for hydroxylation is 1. The van der Waals surface area contributed by atoms with Gasteiger partial charge >= 0.3 is 0 Å². The summed E-state index contributed by atoms with van der Waals surface area (Å²) in [6.07, 6.45) is 4.95. The zero-order valence-corrected chi connectivity index (χ0v) is 14.2. The van der Waals surface area contributed by atoms with Crippen LogP contribution in [0.2, 0.25) is 0 Å². The predicted octanol–water partition coefficient (Wildman–Crippen LogP) is 2.92. The van der Waals surface area contributed by atoms with Gasteiger partial charge in [-0.05, 0) is 44.2 Å². The van der Waals surface area contributed by atoms with Crippen LogP contribution in [0.5, 0.6) is 0 Å². The molecule has 1 aromatic rings. The molecule has 4 heteroatoms. The highest BCUT2D eigenvalue weighted by molar-refractivity contribution is 5.48. The van der Waals surface area contributed by atoms with Gasteiger partial charge in [-0.2, -0.15) is 0 Å². The number of pyridine rings is 1. The van der Waals surface area contributed by atoms with Crippen molar-refractivity contribution in [3.05, 3.63) is 23.4 Å². The summed E-state index contributed by atoms with van der Waals surface area (Å²) in [4.78, 5) is 7.04. The third-order valence-corrected chi connectivity index (χ3v) is 4.06. The zero-order chi connectivity index (χ0) is 15.8. The van der Waals surface area contributed by atoms with E-state index in [1.165, 1.54) is 11.1 Å². The van der Waals surface area contributed by atoms with Gasteiger partial charge in [0.15, 0.2) is 0 Å². The summed E-state index contributed by atoms with van der Waals surface area (Å²) >= 11 is 0. The van der Waals surface area contributed by atoms with Gasteiger partial charge in [0, 0.05) is 31.9 Å². The Kier molecular flexibility index (Phi) is 7.68. The second-order valence-corrected chi connectivity index (χ2v) is 5.80. The monoisotopic (exact) mass is 293 g/mol. The van der Waals surface area contributed by atoms with Crippen molar-refractivity contribution >= 4 is 5.82 Å². The van der Waals surface area contributed by atoms with Crippen LogP contribution >= 0.6 is 0 Å². The molecule has 21 heavy (non-hydrogen) atoms. The van der Waals surface area contributed by atoms with Crippen molar-refractivity contribution in [1.29, 1.82) is 0 Å². The number of anilines is 1. The first kappa shape index (κ1) is 17.9. The van der Waals surface area contributed by atoms with E-state index in [0.717, 1.165) is 31.6 Å². The predicted molar refractivity (Wildman–Crippen MR) is 89.9 cm³/mol. The van der Waals surface area contributed by atoms with Crippen molar-refractivity contribution in [2.24, 2.45) is 5.73 Å². The molecule has 1 rings (SSSR count). The Hall–Kier alpha value is -1.13. The summed E-state index contributed by atoms with van der Waals surface area (Å²) in [5, 5.41) is 0. The van der Waals surface area contributed by atoms with E-state index in [0.29, 0.717) is 12.6 Å². The smallest absolute Gasteiger partial charge is 0.131 e. The number of methoxy groups -OCH3 is 1. The first-order valence-electron chi connectivity index (χ1n) is 8.00. The van der Waals surface area contributed by atoms with Crippen LogP contribution in [0.4, 0.5) is 5.82 Å². The number of hydrogen-bond donors (Lipinski definition) is 1. The first-order chi connectivity index (χ1) is 10.0. The Balaban J connectivity index is 2.93. The van der Waals surface area contributed by atoms with Crippen LogP contribution in [0.25, 0.3) is 0 Å². The maximum absolute atomic E-state index is 6.03. The zero-order valence-electron chi connectivity index (χ0n) is 14.2. The number of nitrogens with two attached hydrogens (primary N) is 1. The Morgan fingerprint density at radius 3 is 2.57 bits per heavy atom. The van der Waals surface area contributed by atoms with Crippen molar-refractivity contribution in [1.82, 2.24) is 4.98 Å². The lowest BCUT2D eigenvalue weighted by atomic mass is 10.0. The minimum Gasteiger partial charge on any atom is -0.383 e. The maximum Gasteiger partial charge on any atom is 0.131 e. The van der Waals surface area contributed by atoms with Crippen LogP contribution in [0.15, 0.2) is 12.3 Å². The molecule has 0 saturated carbocycles. The third-order valence-electron chi connectivity index (χ3n) is 4.06. The summed E-state index contributed by atoms with van der Waals surface area (Å²) in [6.45, 7) is 10.3. The highest BCUT2D eigenvalue weighted by Gasteiger charge is 2.16. The van der Waals surface area contributed by atoms with Crippen LogP contribution in [0.3, 0.4) is 0 Å². The SMILES string of the molecule is CCC(N)Cc1cnc(N(CCOC)C(C)CC)c(C)c1. The normalized spacial score (nSPS) is 14.0. The van der Waals surface area contributed by atoms with Crippen molar-refractivity contribution < 1.29 is 4.74 Å².